The van der Waals surface area contributed by atoms with Crippen LogP contribution in [0.25, 0.3) is 0 Å². The SMILES string of the molecule is COc1ccc(OC)c([C@@H](C)NC(=O)c2ccc(N(Cc3ccc(F)cc3)S(C)(=O)=O)cc2)c1. The van der Waals surface area contributed by atoms with E-state index in [2.05, 4.69) is 5.32 Å². The third-order valence-corrected chi connectivity index (χ3v) is 6.45. The van der Waals surface area contributed by atoms with E-state index >= 15 is 0 Å². The molecule has 0 aliphatic rings. The second-order valence-electron chi connectivity index (χ2n) is 7.75. The van der Waals surface area contributed by atoms with Crippen LogP contribution in [0.2, 0.25) is 0 Å². The minimum absolute atomic E-state index is 0.0390. The highest BCUT2D eigenvalue weighted by Crippen LogP contribution is 2.29. The zero-order valence-corrected chi connectivity index (χ0v) is 20.2. The number of carbonyl (C=O) groups is 1. The number of amides is 1. The summed E-state index contributed by atoms with van der Waals surface area (Å²) in [5.74, 6) is 0.538. The van der Waals surface area contributed by atoms with Gasteiger partial charge in [-0.2, -0.15) is 0 Å². The van der Waals surface area contributed by atoms with Crippen LogP contribution in [0.5, 0.6) is 11.5 Å². The number of benzene rings is 3. The van der Waals surface area contributed by atoms with Crippen molar-refractivity contribution in [2.24, 2.45) is 0 Å². The average molecular weight is 487 g/mol. The molecule has 9 heteroatoms. The lowest BCUT2D eigenvalue weighted by Gasteiger charge is -2.23. The summed E-state index contributed by atoms with van der Waals surface area (Å²) < 4.78 is 49.8. The van der Waals surface area contributed by atoms with E-state index < -0.39 is 15.8 Å². The predicted octanol–water partition coefficient (Wildman–Crippen LogP) is 4.30. The molecule has 1 amide bonds. The third kappa shape index (κ3) is 6.05. The second-order valence-corrected chi connectivity index (χ2v) is 9.65. The first kappa shape index (κ1) is 25.0. The largest absolute Gasteiger partial charge is 0.497 e. The Hall–Kier alpha value is -3.59. The van der Waals surface area contributed by atoms with Gasteiger partial charge in [0, 0.05) is 11.1 Å². The van der Waals surface area contributed by atoms with Gasteiger partial charge < -0.3 is 14.8 Å². The smallest absolute Gasteiger partial charge is 0.251 e. The summed E-state index contributed by atoms with van der Waals surface area (Å²) in [5.41, 5.74) is 2.16. The van der Waals surface area contributed by atoms with Crippen LogP contribution in [0.3, 0.4) is 0 Å². The number of methoxy groups -OCH3 is 2. The Morgan fingerprint density at radius 2 is 1.65 bits per heavy atom. The van der Waals surface area contributed by atoms with Crippen LogP contribution in [-0.2, 0) is 16.6 Å². The molecular weight excluding hydrogens is 459 g/mol. The first-order valence-corrected chi connectivity index (χ1v) is 12.3. The van der Waals surface area contributed by atoms with Gasteiger partial charge in [-0.15, -0.1) is 0 Å². The molecule has 7 nitrogen and oxygen atoms in total. The first-order chi connectivity index (χ1) is 16.1. The number of hydrogen-bond acceptors (Lipinski definition) is 5. The summed E-state index contributed by atoms with van der Waals surface area (Å²) in [6, 6.07) is 16.8. The van der Waals surface area contributed by atoms with Gasteiger partial charge in [0.25, 0.3) is 5.91 Å². The molecule has 3 rings (SSSR count). The molecular formula is C25H27FN2O5S. The summed E-state index contributed by atoms with van der Waals surface area (Å²) >= 11 is 0. The van der Waals surface area contributed by atoms with Crippen molar-refractivity contribution in [3.8, 4) is 11.5 Å². The van der Waals surface area contributed by atoms with Crippen molar-refractivity contribution < 1.29 is 27.1 Å². The van der Waals surface area contributed by atoms with E-state index in [1.807, 2.05) is 6.92 Å². The molecule has 180 valence electrons. The van der Waals surface area contributed by atoms with E-state index in [-0.39, 0.29) is 18.5 Å². The molecule has 1 N–H and O–H groups in total. The summed E-state index contributed by atoms with van der Waals surface area (Å²) in [5, 5.41) is 2.92. The number of hydrogen-bond donors (Lipinski definition) is 1. The summed E-state index contributed by atoms with van der Waals surface area (Å²) in [4.78, 5) is 12.8. The number of carbonyl (C=O) groups excluding carboxylic acids is 1. The van der Waals surface area contributed by atoms with Gasteiger partial charge in [-0.05, 0) is 67.1 Å². The van der Waals surface area contributed by atoms with Gasteiger partial charge in [0.2, 0.25) is 10.0 Å². The monoisotopic (exact) mass is 486 g/mol. The molecule has 3 aromatic carbocycles. The normalized spacial score (nSPS) is 12.0. The number of ether oxygens (including phenoxy) is 2. The number of nitrogens with zero attached hydrogens (tertiary/aromatic N) is 1. The molecule has 0 saturated carbocycles. The fourth-order valence-electron chi connectivity index (χ4n) is 3.47. The molecule has 0 bridgehead atoms. The van der Waals surface area contributed by atoms with Crippen LogP contribution in [0.15, 0.2) is 66.7 Å². The highest BCUT2D eigenvalue weighted by Gasteiger charge is 2.20. The molecule has 0 heterocycles. The lowest BCUT2D eigenvalue weighted by Crippen LogP contribution is -2.29. The van der Waals surface area contributed by atoms with Gasteiger partial charge in [-0.25, -0.2) is 12.8 Å². The van der Waals surface area contributed by atoms with Crippen LogP contribution in [0.4, 0.5) is 10.1 Å². The van der Waals surface area contributed by atoms with Gasteiger partial charge in [0.15, 0.2) is 0 Å². The van der Waals surface area contributed by atoms with E-state index in [0.29, 0.717) is 28.3 Å². The van der Waals surface area contributed by atoms with Crippen LogP contribution in [0, 0.1) is 5.82 Å². The zero-order chi connectivity index (χ0) is 24.9. The second kappa shape index (κ2) is 10.6. The topological polar surface area (TPSA) is 84.9 Å². The van der Waals surface area contributed by atoms with Gasteiger partial charge in [0.1, 0.15) is 17.3 Å². The average Bonchev–Trinajstić information content (AvgIpc) is 2.82. The Morgan fingerprint density at radius 3 is 2.21 bits per heavy atom. The molecule has 0 aromatic heterocycles. The highest BCUT2D eigenvalue weighted by atomic mass is 32.2. The number of rotatable bonds is 9. The van der Waals surface area contributed by atoms with Crippen LogP contribution in [0.1, 0.15) is 34.5 Å². The number of nitrogens with one attached hydrogen (secondary N) is 1. The van der Waals surface area contributed by atoms with Gasteiger partial charge >= 0.3 is 0 Å². The van der Waals surface area contributed by atoms with E-state index in [1.165, 1.54) is 28.6 Å². The van der Waals surface area contributed by atoms with Crippen LogP contribution < -0.4 is 19.1 Å². The maximum atomic E-state index is 13.2. The molecule has 0 unspecified atom stereocenters. The quantitative estimate of drug-likeness (QED) is 0.488. The van der Waals surface area contributed by atoms with Crippen molar-refractivity contribution in [3.05, 3.63) is 89.2 Å². The molecule has 3 aromatic rings. The lowest BCUT2D eigenvalue weighted by atomic mass is 10.1. The van der Waals surface area contributed by atoms with Crippen molar-refractivity contribution in [1.82, 2.24) is 5.32 Å². The number of anilines is 1. The Kier molecular flexibility index (Phi) is 7.78. The van der Waals surface area contributed by atoms with E-state index in [4.69, 9.17) is 9.47 Å². The zero-order valence-electron chi connectivity index (χ0n) is 19.4. The summed E-state index contributed by atoms with van der Waals surface area (Å²) in [6.07, 6.45) is 1.10. The third-order valence-electron chi connectivity index (χ3n) is 5.31. The summed E-state index contributed by atoms with van der Waals surface area (Å²) in [7, 11) is -0.500. The maximum absolute atomic E-state index is 13.2. The van der Waals surface area contributed by atoms with Crippen molar-refractivity contribution in [1.29, 1.82) is 0 Å². The maximum Gasteiger partial charge on any atom is 0.251 e. The Balaban J connectivity index is 1.78. The minimum atomic E-state index is -3.62. The number of halogens is 1. The highest BCUT2D eigenvalue weighted by molar-refractivity contribution is 7.92. The predicted molar refractivity (Wildman–Crippen MR) is 129 cm³/mol. The van der Waals surface area contributed by atoms with Crippen LogP contribution >= 0.6 is 0 Å². The Morgan fingerprint density at radius 1 is 1.00 bits per heavy atom. The van der Waals surface area contributed by atoms with Gasteiger partial charge in [-0.1, -0.05) is 12.1 Å². The van der Waals surface area contributed by atoms with Crippen molar-refractivity contribution >= 4 is 21.6 Å². The van der Waals surface area contributed by atoms with Crippen LogP contribution in [-0.4, -0.2) is 34.8 Å². The van der Waals surface area contributed by atoms with Crippen molar-refractivity contribution in [2.75, 3.05) is 24.8 Å². The van der Waals surface area contributed by atoms with E-state index in [1.54, 1.807) is 56.7 Å². The molecule has 0 saturated heterocycles. The lowest BCUT2D eigenvalue weighted by molar-refractivity contribution is 0.0939. The Bertz CT molecular complexity index is 1250. The Labute approximate surface area is 199 Å². The van der Waals surface area contributed by atoms with E-state index in [0.717, 1.165) is 11.8 Å². The summed E-state index contributed by atoms with van der Waals surface area (Å²) in [6.45, 7) is 1.87. The molecule has 0 fully saturated rings. The molecule has 0 aliphatic heterocycles. The number of sulfonamides is 1. The van der Waals surface area contributed by atoms with Gasteiger partial charge in [-0.3, -0.25) is 9.10 Å². The molecule has 34 heavy (non-hydrogen) atoms. The standard InChI is InChI=1S/C25H27FN2O5S/c1-17(23-15-22(32-2)13-14-24(23)33-3)27-25(29)19-7-11-21(12-8-19)28(34(4,30)31)16-18-5-9-20(26)10-6-18/h5-15,17H,16H2,1-4H3,(H,27,29)/t17-/m1/s1. The van der Waals surface area contributed by atoms with E-state index in [9.17, 15) is 17.6 Å². The van der Waals surface area contributed by atoms with Gasteiger partial charge in [0.05, 0.1) is 38.7 Å². The molecule has 0 spiro atoms. The molecule has 0 aliphatic carbocycles. The van der Waals surface area contributed by atoms with Crippen molar-refractivity contribution in [3.63, 3.8) is 0 Å². The first-order valence-electron chi connectivity index (χ1n) is 10.5. The fraction of sp³-hybridized carbons (Fsp3) is 0.240. The minimum Gasteiger partial charge on any atom is -0.497 e. The fourth-order valence-corrected chi connectivity index (χ4v) is 4.36. The molecule has 1 atom stereocenters. The van der Waals surface area contributed by atoms with Crippen molar-refractivity contribution in [2.45, 2.75) is 19.5 Å². The molecule has 0 radical (unpaired) electrons.